The zero-order valence-electron chi connectivity index (χ0n) is 17.6. The van der Waals surface area contributed by atoms with Crippen molar-refractivity contribution in [3.63, 3.8) is 0 Å². The summed E-state index contributed by atoms with van der Waals surface area (Å²) < 4.78 is 10.3. The van der Waals surface area contributed by atoms with Gasteiger partial charge in [-0.15, -0.1) is 0 Å². The maximum atomic E-state index is 12.4. The fourth-order valence-corrected chi connectivity index (χ4v) is 4.50. The van der Waals surface area contributed by atoms with Crippen LogP contribution in [0.15, 0.2) is 40.4 Å². The van der Waals surface area contributed by atoms with Crippen LogP contribution < -0.4 is 5.32 Å². The van der Waals surface area contributed by atoms with Crippen LogP contribution in [0.4, 0.5) is 4.79 Å². The number of hydrogen-bond donors (Lipinski definition) is 1. The molecule has 30 heavy (non-hydrogen) atoms. The van der Waals surface area contributed by atoms with Gasteiger partial charge in [0, 0.05) is 0 Å². The van der Waals surface area contributed by atoms with Crippen LogP contribution in [0.3, 0.4) is 0 Å². The van der Waals surface area contributed by atoms with E-state index in [0.717, 1.165) is 30.4 Å². The number of benzene rings is 1. The second-order valence-corrected chi connectivity index (χ2v) is 9.50. The molecule has 0 saturated carbocycles. The average molecular weight is 452 g/mol. The van der Waals surface area contributed by atoms with E-state index in [9.17, 15) is 9.59 Å². The Bertz CT molecular complexity index is 901. The van der Waals surface area contributed by atoms with E-state index in [1.54, 1.807) is 6.07 Å². The van der Waals surface area contributed by atoms with Gasteiger partial charge in [-0.3, -0.25) is 0 Å². The van der Waals surface area contributed by atoms with Crippen molar-refractivity contribution in [2.75, 3.05) is 7.11 Å². The number of nitrogens with one attached hydrogen (secondary N) is 1. The van der Waals surface area contributed by atoms with Crippen molar-refractivity contribution in [3.05, 3.63) is 57.1 Å². The summed E-state index contributed by atoms with van der Waals surface area (Å²) in [6.45, 7) is 5.47. The van der Waals surface area contributed by atoms with Crippen LogP contribution in [-0.4, -0.2) is 24.8 Å². The van der Waals surface area contributed by atoms with Gasteiger partial charge in [0.15, 0.2) is 0 Å². The number of rotatable bonds is 3. The van der Waals surface area contributed by atoms with Crippen LogP contribution in [0.2, 0.25) is 0 Å². The molecule has 2 aliphatic rings. The van der Waals surface area contributed by atoms with Gasteiger partial charge >= 0.3 is 12.1 Å². The van der Waals surface area contributed by atoms with Gasteiger partial charge in [0.1, 0.15) is 5.60 Å². The zero-order chi connectivity index (χ0) is 22.1. The summed E-state index contributed by atoms with van der Waals surface area (Å²) in [4.78, 5) is 24.5. The minimum Gasteiger partial charge on any atom is -0.465 e. The van der Waals surface area contributed by atoms with Gasteiger partial charge in [0.05, 0.1) is 28.8 Å². The third kappa shape index (κ3) is 5.19. The summed E-state index contributed by atoms with van der Waals surface area (Å²) in [5.74, 6) is -0.00498. The fourth-order valence-electron chi connectivity index (χ4n) is 4.11. The fraction of sp³-hybridized carbons (Fsp3) is 0.478. The molecule has 162 valence electrons. The molecule has 0 radical (unpaired) electrons. The highest BCUT2D eigenvalue weighted by atomic mass is 35.5. The number of esters is 1. The molecule has 0 fully saturated rings. The second kappa shape index (κ2) is 9.03. The smallest absolute Gasteiger partial charge is 0.408 e. The highest BCUT2D eigenvalue weighted by Crippen LogP contribution is 2.46. The van der Waals surface area contributed by atoms with Crippen LogP contribution >= 0.6 is 23.2 Å². The lowest BCUT2D eigenvalue weighted by molar-refractivity contribution is 0.0496. The summed E-state index contributed by atoms with van der Waals surface area (Å²) in [6.07, 6.45) is 5.86. The van der Waals surface area contributed by atoms with Crippen LogP contribution in [0.1, 0.15) is 73.5 Å². The van der Waals surface area contributed by atoms with Crippen LogP contribution in [0, 0.1) is 5.92 Å². The summed E-state index contributed by atoms with van der Waals surface area (Å²) in [6, 6.07) is 5.28. The Kier molecular flexibility index (Phi) is 6.83. The topological polar surface area (TPSA) is 64.6 Å². The maximum absolute atomic E-state index is 12.4. The number of allylic oxidation sites excluding steroid dienone is 4. The van der Waals surface area contributed by atoms with Gasteiger partial charge in [-0.1, -0.05) is 41.4 Å². The van der Waals surface area contributed by atoms with Gasteiger partial charge in [-0.25, -0.2) is 9.59 Å². The number of methoxy groups -OCH3 is 1. The minimum atomic E-state index is -0.590. The SMILES string of the molecule is COC(=O)c1ccc2c(c1)C(NC(=O)OC(C)(C)C)CCC2C1C=C(Cl)C(Cl)=CC1. The number of fused-ring (bicyclic) bond motifs is 1. The first-order valence-corrected chi connectivity index (χ1v) is 10.8. The van der Waals surface area contributed by atoms with E-state index in [0.29, 0.717) is 15.6 Å². The molecule has 1 N–H and O–H groups in total. The van der Waals surface area contributed by atoms with Crippen molar-refractivity contribution in [2.24, 2.45) is 5.92 Å². The third-order valence-electron chi connectivity index (χ3n) is 5.41. The predicted octanol–water partition coefficient (Wildman–Crippen LogP) is 6.18. The summed E-state index contributed by atoms with van der Waals surface area (Å²) >= 11 is 12.4. The Labute approximate surface area is 187 Å². The van der Waals surface area contributed by atoms with Crippen molar-refractivity contribution in [3.8, 4) is 0 Å². The number of ether oxygens (including phenoxy) is 2. The van der Waals surface area contributed by atoms with Crippen molar-refractivity contribution in [2.45, 2.75) is 57.6 Å². The molecule has 3 rings (SSSR count). The van der Waals surface area contributed by atoms with Gasteiger partial charge in [-0.05, 0) is 75.1 Å². The highest BCUT2D eigenvalue weighted by Gasteiger charge is 2.34. The van der Waals surface area contributed by atoms with E-state index in [-0.39, 0.29) is 17.9 Å². The molecule has 1 aromatic rings. The van der Waals surface area contributed by atoms with Gasteiger partial charge < -0.3 is 14.8 Å². The first-order chi connectivity index (χ1) is 14.1. The van der Waals surface area contributed by atoms with Crippen LogP contribution in [0.25, 0.3) is 0 Å². The Hall–Kier alpha value is -1.98. The minimum absolute atomic E-state index is 0.199. The monoisotopic (exact) mass is 451 g/mol. The lowest BCUT2D eigenvalue weighted by Gasteiger charge is -2.36. The molecule has 0 saturated heterocycles. The lowest BCUT2D eigenvalue weighted by Crippen LogP contribution is -2.37. The number of alkyl carbamates (subject to hydrolysis) is 1. The van der Waals surface area contributed by atoms with Crippen LogP contribution in [0.5, 0.6) is 0 Å². The highest BCUT2D eigenvalue weighted by molar-refractivity contribution is 6.44. The molecule has 2 aliphatic carbocycles. The van der Waals surface area contributed by atoms with E-state index in [1.807, 2.05) is 45.1 Å². The molecule has 1 aromatic carbocycles. The van der Waals surface area contributed by atoms with E-state index >= 15 is 0 Å². The number of carbonyl (C=O) groups excluding carboxylic acids is 2. The summed E-state index contributed by atoms with van der Waals surface area (Å²) in [5, 5.41) is 4.11. The standard InChI is InChI=1S/C23H27Cl2NO4/c1-23(2,3)30-22(28)26-20-10-8-15(13-6-9-18(24)19(25)12-13)16-7-5-14(11-17(16)20)21(27)29-4/h5,7,9,11-13,15,20H,6,8,10H2,1-4H3,(H,26,28). The predicted molar refractivity (Wildman–Crippen MR) is 118 cm³/mol. The Morgan fingerprint density at radius 3 is 2.47 bits per heavy atom. The van der Waals surface area contributed by atoms with E-state index in [1.165, 1.54) is 7.11 Å². The quantitative estimate of drug-likeness (QED) is 0.556. The van der Waals surface area contributed by atoms with Gasteiger partial charge in [-0.2, -0.15) is 0 Å². The normalized spacial score (nSPS) is 23.6. The molecule has 3 unspecified atom stereocenters. The molecule has 5 nitrogen and oxygen atoms in total. The van der Waals surface area contributed by atoms with Gasteiger partial charge in [0.25, 0.3) is 0 Å². The maximum Gasteiger partial charge on any atom is 0.408 e. The molecule has 0 bridgehead atoms. The van der Waals surface area contributed by atoms with Crippen LogP contribution in [-0.2, 0) is 9.47 Å². The van der Waals surface area contributed by atoms with Crippen molar-refractivity contribution < 1.29 is 19.1 Å². The zero-order valence-corrected chi connectivity index (χ0v) is 19.1. The lowest BCUT2D eigenvalue weighted by atomic mass is 9.72. The molecular formula is C23H27Cl2NO4. The molecule has 3 atom stereocenters. The van der Waals surface area contributed by atoms with Gasteiger partial charge in [0.2, 0.25) is 0 Å². The largest absolute Gasteiger partial charge is 0.465 e. The van der Waals surface area contributed by atoms with Crippen molar-refractivity contribution in [1.82, 2.24) is 5.32 Å². The Morgan fingerprint density at radius 2 is 1.83 bits per heavy atom. The van der Waals surface area contributed by atoms with Crippen molar-refractivity contribution in [1.29, 1.82) is 0 Å². The number of halogens is 2. The van der Waals surface area contributed by atoms with E-state index in [4.69, 9.17) is 32.7 Å². The average Bonchev–Trinajstić information content (AvgIpc) is 2.68. The first-order valence-electron chi connectivity index (χ1n) is 10.0. The number of hydrogen-bond acceptors (Lipinski definition) is 4. The first kappa shape index (κ1) is 22.7. The Balaban J connectivity index is 1.93. The molecule has 0 aromatic heterocycles. The molecule has 0 spiro atoms. The molecule has 0 aliphatic heterocycles. The summed E-state index contributed by atoms with van der Waals surface area (Å²) in [7, 11) is 1.35. The summed E-state index contributed by atoms with van der Waals surface area (Å²) in [5.41, 5.74) is 1.86. The molecular weight excluding hydrogens is 425 g/mol. The Morgan fingerprint density at radius 1 is 1.10 bits per heavy atom. The molecule has 0 heterocycles. The molecule has 7 heteroatoms. The van der Waals surface area contributed by atoms with E-state index in [2.05, 4.69) is 5.32 Å². The second-order valence-electron chi connectivity index (χ2n) is 8.68. The number of carbonyl (C=O) groups is 2. The van der Waals surface area contributed by atoms with Crippen molar-refractivity contribution >= 4 is 35.3 Å². The molecule has 1 amide bonds. The van der Waals surface area contributed by atoms with E-state index < -0.39 is 17.7 Å². The number of amides is 1. The third-order valence-corrected chi connectivity index (χ3v) is 6.20.